The van der Waals surface area contributed by atoms with Gasteiger partial charge in [0.15, 0.2) is 0 Å². The molecule has 0 aliphatic heterocycles. The first-order chi connectivity index (χ1) is 9.74. The van der Waals surface area contributed by atoms with Gasteiger partial charge in [-0.1, -0.05) is 36.4 Å². The Hall–Kier alpha value is -1.71. The van der Waals surface area contributed by atoms with Gasteiger partial charge in [-0.25, -0.2) is 0 Å². The summed E-state index contributed by atoms with van der Waals surface area (Å²) in [5.41, 5.74) is 8.66. The van der Waals surface area contributed by atoms with Crippen LogP contribution >= 0.6 is 0 Å². The third kappa shape index (κ3) is 5.11. The lowest BCUT2D eigenvalue weighted by atomic mass is 10.1. The fourth-order valence-electron chi connectivity index (χ4n) is 2.32. The van der Waals surface area contributed by atoms with E-state index < -0.39 is 0 Å². The van der Waals surface area contributed by atoms with Crippen molar-refractivity contribution < 1.29 is 0 Å². The van der Waals surface area contributed by atoms with E-state index in [-0.39, 0.29) is 6.04 Å². The van der Waals surface area contributed by atoms with Crippen LogP contribution in [0.25, 0.3) is 0 Å². The Morgan fingerprint density at radius 2 is 1.85 bits per heavy atom. The normalized spacial score (nSPS) is 12.6. The molecule has 2 rings (SSSR count). The molecule has 0 aliphatic carbocycles. The lowest BCUT2D eigenvalue weighted by Crippen LogP contribution is -2.35. The van der Waals surface area contributed by atoms with E-state index in [9.17, 15) is 0 Å². The number of likely N-dealkylation sites (N-methyl/N-ethyl adjacent to an activating group) is 1. The van der Waals surface area contributed by atoms with Gasteiger partial charge in [-0.15, -0.1) is 0 Å². The zero-order chi connectivity index (χ0) is 14.2. The van der Waals surface area contributed by atoms with Gasteiger partial charge in [0.2, 0.25) is 0 Å². The molecule has 20 heavy (non-hydrogen) atoms. The van der Waals surface area contributed by atoms with Crippen molar-refractivity contribution in [1.82, 2.24) is 9.88 Å². The second-order valence-electron chi connectivity index (χ2n) is 5.30. The van der Waals surface area contributed by atoms with E-state index in [2.05, 4.69) is 41.2 Å². The average molecular weight is 269 g/mol. The SMILES string of the molecule is CN(Cc1ccccn1)CC(N)CCc1ccccc1. The summed E-state index contributed by atoms with van der Waals surface area (Å²) in [7, 11) is 2.09. The molecule has 0 saturated carbocycles. The molecule has 3 heteroatoms. The van der Waals surface area contributed by atoms with Crippen LogP contribution in [0.5, 0.6) is 0 Å². The van der Waals surface area contributed by atoms with Crippen LogP contribution < -0.4 is 5.73 Å². The number of benzene rings is 1. The van der Waals surface area contributed by atoms with Gasteiger partial charge in [-0.05, 0) is 37.6 Å². The predicted molar refractivity (Wildman–Crippen MR) is 83.3 cm³/mol. The third-order valence-corrected chi connectivity index (χ3v) is 3.35. The Labute approximate surface area is 121 Å². The van der Waals surface area contributed by atoms with Crippen molar-refractivity contribution in [1.29, 1.82) is 0 Å². The number of pyridine rings is 1. The highest BCUT2D eigenvalue weighted by Gasteiger charge is 2.08. The van der Waals surface area contributed by atoms with Crippen LogP contribution in [0, 0.1) is 0 Å². The second kappa shape index (κ2) is 7.78. The van der Waals surface area contributed by atoms with Gasteiger partial charge in [0.05, 0.1) is 5.69 Å². The first kappa shape index (κ1) is 14.7. The standard InChI is InChI=1S/C17H23N3/c1-20(14-17-9-5-6-12-19-17)13-16(18)11-10-15-7-3-2-4-8-15/h2-9,12,16H,10-11,13-14,18H2,1H3. The highest BCUT2D eigenvalue weighted by Crippen LogP contribution is 2.06. The Balaban J connectivity index is 1.72. The van der Waals surface area contributed by atoms with Gasteiger partial charge in [0.1, 0.15) is 0 Å². The van der Waals surface area contributed by atoms with Crippen LogP contribution in [0.1, 0.15) is 17.7 Å². The van der Waals surface area contributed by atoms with Crippen molar-refractivity contribution in [2.45, 2.75) is 25.4 Å². The summed E-state index contributed by atoms with van der Waals surface area (Å²) < 4.78 is 0. The minimum absolute atomic E-state index is 0.198. The minimum atomic E-state index is 0.198. The fourth-order valence-corrected chi connectivity index (χ4v) is 2.32. The molecule has 0 amide bonds. The Bertz CT molecular complexity index is 484. The van der Waals surface area contributed by atoms with Crippen molar-refractivity contribution in [2.75, 3.05) is 13.6 Å². The number of nitrogens with two attached hydrogens (primary N) is 1. The van der Waals surface area contributed by atoms with Crippen LogP contribution in [0.2, 0.25) is 0 Å². The summed E-state index contributed by atoms with van der Waals surface area (Å²) in [5, 5.41) is 0. The average Bonchev–Trinajstić information content (AvgIpc) is 2.47. The van der Waals surface area contributed by atoms with Gasteiger partial charge < -0.3 is 5.73 Å². The lowest BCUT2D eigenvalue weighted by Gasteiger charge is -2.21. The lowest BCUT2D eigenvalue weighted by molar-refractivity contribution is 0.294. The maximum absolute atomic E-state index is 6.21. The molecule has 0 aliphatic rings. The van der Waals surface area contributed by atoms with Gasteiger partial charge in [0.25, 0.3) is 0 Å². The molecule has 1 heterocycles. The highest BCUT2D eigenvalue weighted by molar-refractivity contribution is 5.14. The largest absolute Gasteiger partial charge is 0.327 e. The Morgan fingerprint density at radius 3 is 2.55 bits per heavy atom. The first-order valence-electron chi connectivity index (χ1n) is 7.12. The smallest absolute Gasteiger partial charge is 0.0543 e. The monoisotopic (exact) mass is 269 g/mol. The highest BCUT2D eigenvalue weighted by atomic mass is 15.1. The molecule has 1 atom stereocenters. The third-order valence-electron chi connectivity index (χ3n) is 3.35. The summed E-state index contributed by atoms with van der Waals surface area (Å²) >= 11 is 0. The Morgan fingerprint density at radius 1 is 1.10 bits per heavy atom. The van der Waals surface area contributed by atoms with Gasteiger partial charge in [0, 0.05) is 25.3 Å². The molecular weight excluding hydrogens is 246 g/mol. The molecule has 0 bridgehead atoms. The van der Waals surface area contributed by atoms with Gasteiger partial charge in [-0.3, -0.25) is 9.88 Å². The van der Waals surface area contributed by atoms with Crippen molar-refractivity contribution in [3.63, 3.8) is 0 Å². The van der Waals surface area contributed by atoms with Crippen molar-refractivity contribution in [2.24, 2.45) is 5.73 Å². The Kier molecular flexibility index (Phi) is 5.71. The maximum Gasteiger partial charge on any atom is 0.0543 e. The molecule has 1 aromatic carbocycles. The molecule has 0 spiro atoms. The molecule has 106 valence electrons. The number of nitrogens with zero attached hydrogens (tertiary/aromatic N) is 2. The number of rotatable bonds is 7. The molecule has 1 unspecified atom stereocenters. The molecule has 2 N–H and O–H groups in total. The molecule has 2 aromatic rings. The number of aromatic nitrogens is 1. The second-order valence-corrected chi connectivity index (χ2v) is 5.30. The number of hydrogen-bond acceptors (Lipinski definition) is 3. The molecule has 0 saturated heterocycles. The quantitative estimate of drug-likeness (QED) is 0.839. The molecule has 0 radical (unpaired) electrons. The van der Waals surface area contributed by atoms with E-state index in [4.69, 9.17) is 5.73 Å². The van der Waals surface area contributed by atoms with E-state index in [0.29, 0.717) is 0 Å². The fraction of sp³-hybridized carbons (Fsp3) is 0.353. The molecule has 1 aromatic heterocycles. The maximum atomic E-state index is 6.21. The predicted octanol–water partition coefficient (Wildman–Crippen LogP) is 2.47. The topological polar surface area (TPSA) is 42.2 Å². The molecule has 0 fully saturated rings. The van der Waals surface area contributed by atoms with Crippen LogP contribution in [0.4, 0.5) is 0 Å². The van der Waals surface area contributed by atoms with Crippen LogP contribution in [0.3, 0.4) is 0 Å². The zero-order valence-corrected chi connectivity index (χ0v) is 12.1. The van der Waals surface area contributed by atoms with Crippen molar-refractivity contribution in [3.8, 4) is 0 Å². The van der Waals surface area contributed by atoms with Crippen LogP contribution in [-0.2, 0) is 13.0 Å². The van der Waals surface area contributed by atoms with Gasteiger partial charge >= 0.3 is 0 Å². The van der Waals surface area contributed by atoms with Crippen LogP contribution in [0.15, 0.2) is 54.7 Å². The summed E-state index contributed by atoms with van der Waals surface area (Å²) in [6.45, 7) is 1.74. The summed E-state index contributed by atoms with van der Waals surface area (Å²) in [6.07, 6.45) is 3.88. The summed E-state index contributed by atoms with van der Waals surface area (Å²) in [4.78, 5) is 6.57. The van der Waals surface area contributed by atoms with Crippen molar-refractivity contribution >= 4 is 0 Å². The van der Waals surface area contributed by atoms with E-state index in [1.54, 1.807) is 0 Å². The van der Waals surface area contributed by atoms with E-state index in [1.807, 2.05) is 30.5 Å². The molecular formula is C17H23N3. The zero-order valence-electron chi connectivity index (χ0n) is 12.1. The summed E-state index contributed by atoms with van der Waals surface area (Å²) in [5.74, 6) is 0. The van der Waals surface area contributed by atoms with Crippen molar-refractivity contribution in [3.05, 3.63) is 66.0 Å². The van der Waals surface area contributed by atoms with E-state index in [0.717, 1.165) is 31.6 Å². The van der Waals surface area contributed by atoms with Crippen LogP contribution in [-0.4, -0.2) is 29.5 Å². The van der Waals surface area contributed by atoms with E-state index in [1.165, 1.54) is 5.56 Å². The summed E-state index contributed by atoms with van der Waals surface area (Å²) in [6, 6.07) is 16.7. The first-order valence-corrected chi connectivity index (χ1v) is 7.12. The minimum Gasteiger partial charge on any atom is -0.327 e. The number of aryl methyl sites for hydroxylation is 1. The number of hydrogen-bond donors (Lipinski definition) is 1. The van der Waals surface area contributed by atoms with E-state index >= 15 is 0 Å². The van der Waals surface area contributed by atoms with Gasteiger partial charge in [-0.2, -0.15) is 0 Å². The molecule has 3 nitrogen and oxygen atoms in total.